The van der Waals surface area contributed by atoms with Crippen molar-refractivity contribution in [1.82, 2.24) is 5.32 Å². The number of ether oxygens (including phenoxy) is 1. The zero-order valence-corrected chi connectivity index (χ0v) is 9.77. The molecule has 0 saturated heterocycles. The highest BCUT2D eigenvalue weighted by Gasteiger charge is 2.04. The predicted molar refractivity (Wildman–Crippen MR) is 60.2 cm³/mol. The molecule has 1 N–H and O–H groups in total. The molecule has 1 amide bonds. The number of rotatable bonds is 6. The number of carbonyl (C=O) groups is 1. The van der Waals surface area contributed by atoms with E-state index in [1.54, 1.807) is 0 Å². The Bertz CT molecular complexity index is 388. The second-order valence-corrected chi connectivity index (χ2v) is 3.53. The van der Waals surface area contributed by atoms with E-state index in [2.05, 4.69) is 5.32 Å². The molecular weight excluding hydrogens is 252 g/mol. The monoisotopic (exact) mass is 263 g/mol. The molecule has 0 fully saturated rings. The first-order valence-corrected chi connectivity index (χ1v) is 5.57. The van der Waals surface area contributed by atoms with Gasteiger partial charge in [0.25, 0.3) is 0 Å². The Morgan fingerprint density at radius 3 is 2.82 bits per heavy atom. The van der Waals surface area contributed by atoms with Gasteiger partial charge in [-0.1, -0.05) is 0 Å². The number of carbonyl (C=O) groups excluding carboxylic acids is 1. The van der Waals surface area contributed by atoms with Gasteiger partial charge in [-0.2, -0.15) is 0 Å². The van der Waals surface area contributed by atoms with Gasteiger partial charge in [-0.25, -0.2) is 8.78 Å². The van der Waals surface area contributed by atoms with Gasteiger partial charge >= 0.3 is 0 Å². The minimum atomic E-state index is -0.741. The van der Waals surface area contributed by atoms with E-state index in [4.69, 9.17) is 16.3 Å². The molecule has 0 spiro atoms. The normalized spacial score (nSPS) is 10.1. The molecule has 0 radical (unpaired) electrons. The summed E-state index contributed by atoms with van der Waals surface area (Å²) in [5.74, 6) is -1.75. The lowest BCUT2D eigenvalue weighted by atomic mass is 10.3. The molecule has 0 heterocycles. The van der Waals surface area contributed by atoms with Gasteiger partial charge in [-0.15, -0.1) is 11.6 Å². The largest absolute Gasteiger partial charge is 0.490 e. The van der Waals surface area contributed by atoms with Crippen LogP contribution in [0.4, 0.5) is 8.78 Å². The maximum Gasteiger partial charge on any atom is 0.234 e. The molecule has 0 unspecified atom stereocenters. The van der Waals surface area contributed by atoms with E-state index >= 15 is 0 Å². The molecule has 94 valence electrons. The van der Waals surface area contributed by atoms with Crippen LogP contribution in [0.2, 0.25) is 0 Å². The average Bonchev–Trinajstić information content (AvgIpc) is 2.30. The minimum Gasteiger partial charge on any atom is -0.490 e. The Morgan fingerprint density at radius 2 is 2.18 bits per heavy atom. The fourth-order valence-electron chi connectivity index (χ4n) is 1.12. The van der Waals surface area contributed by atoms with E-state index < -0.39 is 11.6 Å². The fourth-order valence-corrected chi connectivity index (χ4v) is 1.22. The van der Waals surface area contributed by atoms with Crippen LogP contribution < -0.4 is 10.1 Å². The molecule has 6 heteroatoms. The van der Waals surface area contributed by atoms with Gasteiger partial charge in [0.05, 0.1) is 6.61 Å². The summed E-state index contributed by atoms with van der Waals surface area (Å²) in [6.45, 7) is 0.624. The maximum absolute atomic E-state index is 13.1. The maximum atomic E-state index is 13.1. The number of alkyl halides is 1. The molecule has 0 aromatic heterocycles. The second-order valence-electron chi connectivity index (χ2n) is 3.26. The molecule has 3 nitrogen and oxygen atoms in total. The Morgan fingerprint density at radius 1 is 1.41 bits per heavy atom. The van der Waals surface area contributed by atoms with Crippen molar-refractivity contribution in [1.29, 1.82) is 0 Å². The summed E-state index contributed by atoms with van der Waals surface area (Å²) in [5.41, 5.74) is 0. The van der Waals surface area contributed by atoms with Crippen molar-refractivity contribution in [2.24, 2.45) is 0 Å². The SMILES string of the molecule is O=C(CCl)NCCCOc1ccc(F)cc1F. The fraction of sp³-hybridized carbons (Fsp3) is 0.364. The zero-order valence-electron chi connectivity index (χ0n) is 9.01. The highest BCUT2D eigenvalue weighted by molar-refractivity contribution is 6.27. The van der Waals surface area contributed by atoms with E-state index in [1.165, 1.54) is 6.07 Å². The Balaban J connectivity index is 2.24. The van der Waals surface area contributed by atoms with Crippen LogP contribution in [0.1, 0.15) is 6.42 Å². The third-order valence-corrected chi connectivity index (χ3v) is 2.16. The zero-order chi connectivity index (χ0) is 12.7. The smallest absolute Gasteiger partial charge is 0.234 e. The molecule has 0 aliphatic rings. The van der Waals surface area contributed by atoms with Gasteiger partial charge in [-0.3, -0.25) is 4.79 Å². The Kier molecular flexibility index (Phi) is 5.69. The van der Waals surface area contributed by atoms with Crippen LogP contribution in [0.3, 0.4) is 0 Å². The van der Waals surface area contributed by atoms with Gasteiger partial charge in [0, 0.05) is 12.6 Å². The number of halogens is 3. The molecule has 0 atom stereocenters. The van der Waals surface area contributed by atoms with Gasteiger partial charge in [0.15, 0.2) is 11.6 Å². The van der Waals surface area contributed by atoms with Gasteiger partial charge < -0.3 is 10.1 Å². The van der Waals surface area contributed by atoms with Crippen molar-refractivity contribution in [2.75, 3.05) is 19.0 Å². The minimum absolute atomic E-state index is 0.00456. The molecule has 1 rings (SSSR count). The lowest BCUT2D eigenvalue weighted by molar-refractivity contribution is -0.118. The first kappa shape index (κ1) is 13.7. The molecule has 1 aromatic rings. The van der Waals surface area contributed by atoms with Crippen molar-refractivity contribution in [3.8, 4) is 5.75 Å². The molecule has 17 heavy (non-hydrogen) atoms. The second kappa shape index (κ2) is 7.06. The first-order chi connectivity index (χ1) is 8.13. The van der Waals surface area contributed by atoms with Crippen molar-refractivity contribution in [3.05, 3.63) is 29.8 Å². The van der Waals surface area contributed by atoms with Gasteiger partial charge in [0.1, 0.15) is 11.7 Å². The van der Waals surface area contributed by atoms with Crippen molar-refractivity contribution in [2.45, 2.75) is 6.42 Å². The van der Waals surface area contributed by atoms with Crippen LogP contribution in [0, 0.1) is 11.6 Å². The number of benzene rings is 1. The van der Waals surface area contributed by atoms with Crippen LogP contribution in [-0.2, 0) is 4.79 Å². The summed E-state index contributed by atoms with van der Waals surface area (Å²) in [6, 6.07) is 3.10. The topological polar surface area (TPSA) is 38.3 Å². The number of amides is 1. The van der Waals surface area contributed by atoms with Crippen LogP contribution in [0.25, 0.3) is 0 Å². The first-order valence-electron chi connectivity index (χ1n) is 5.04. The summed E-state index contributed by atoms with van der Waals surface area (Å²) in [5, 5.41) is 2.54. The molecule has 0 aliphatic heterocycles. The summed E-state index contributed by atoms with van der Waals surface area (Å²) < 4.78 is 30.7. The van der Waals surface area contributed by atoms with Gasteiger partial charge in [-0.05, 0) is 18.6 Å². The van der Waals surface area contributed by atoms with Crippen LogP contribution in [0.5, 0.6) is 5.75 Å². The standard InChI is InChI=1S/C11H12ClF2NO2/c12-7-11(16)15-4-1-5-17-10-3-2-8(13)6-9(10)14/h2-3,6H,1,4-5,7H2,(H,15,16). The Hall–Kier alpha value is -1.36. The molecule has 1 aromatic carbocycles. The van der Waals surface area contributed by atoms with Crippen molar-refractivity contribution >= 4 is 17.5 Å². The molecule has 0 bridgehead atoms. The lowest BCUT2D eigenvalue weighted by Crippen LogP contribution is -2.26. The quantitative estimate of drug-likeness (QED) is 0.630. The van der Waals surface area contributed by atoms with Crippen LogP contribution >= 0.6 is 11.6 Å². The van der Waals surface area contributed by atoms with E-state index in [0.717, 1.165) is 12.1 Å². The van der Waals surface area contributed by atoms with Crippen molar-refractivity contribution in [3.63, 3.8) is 0 Å². The Labute approximate surface area is 103 Å². The summed E-state index contributed by atoms with van der Waals surface area (Å²) >= 11 is 5.27. The number of nitrogens with one attached hydrogen (secondary N) is 1. The molecule has 0 aliphatic carbocycles. The highest BCUT2D eigenvalue weighted by atomic mass is 35.5. The molecule has 0 saturated carbocycles. The van der Waals surface area contributed by atoms with E-state index in [0.29, 0.717) is 13.0 Å². The van der Waals surface area contributed by atoms with Crippen LogP contribution in [-0.4, -0.2) is 24.9 Å². The summed E-state index contributed by atoms with van der Waals surface area (Å²) in [7, 11) is 0. The summed E-state index contributed by atoms with van der Waals surface area (Å²) in [6.07, 6.45) is 0.513. The van der Waals surface area contributed by atoms with E-state index in [-0.39, 0.29) is 24.1 Å². The van der Waals surface area contributed by atoms with E-state index in [9.17, 15) is 13.6 Å². The number of hydrogen-bond acceptors (Lipinski definition) is 2. The van der Waals surface area contributed by atoms with Crippen LogP contribution in [0.15, 0.2) is 18.2 Å². The predicted octanol–water partition coefficient (Wildman–Crippen LogP) is 2.09. The summed E-state index contributed by atoms with van der Waals surface area (Å²) in [4.78, 5) is 10.8. The van der Waals surface area contributed by atoms with E-state index in [1.807, 2.05) is 0 Å². The average molecular weight is 264 g/mol. The lowest BCUT2D eigenvalue weighted by Gasteiger charge is -2.07. The molecular formula is C11H12ClF2NO2. The third-order valence-electron chi connectivity index (χ3n) is 1.92. The van der Waals surface area contributed by atoms with Crippen molar-refractivity contribution < 1.29 is 18.3 Å². The number of hydrogen-bond donors (Lipinski definition) is 1. The van der Waals surface area contributed by atoms with Gasteiger partial charge in [0.2, 0.25) is 5.91 Å². The highest BCUT2D eigenvalue weighted by Crippen LogP contribution is 2.17. The third kappa shape index (κ3) is 4.99.